The van der Waals surface area contributed by atoms with Gasteiger partial charge in [0.25, 0.3) is 5.69 Å². The van der Waals surface area contributed by atoms with Gasteiger partial charge in [0.15, 0.2) is 0 Å². The Labute approximate surface area is 117 Å². The molecule has 0 heterocycles. The van der Waals surface area contributed by atoms with E-state index < -0.39 is 10.9 Å². The fraction of sp³-hybridized carbons (Fsp3) is 0.500. The SMILES string of the molecule is CN(Cc1cccc([N+](=O)[O-])c1C(=O)O)CC1CCC1. The van der Waals surface area contributed by atoms with Gasteiger partial charge in [-0.15, -0.1) is 0 Å². The third-order valence-corrected chi connectivity index (χ3v) is 3.77. The molecule has 0 atom stereocenters. The van der Waals surface area contributed by atoms with E-state index in [-0.39, 0.29) is 11.3 Å². The maximum Gasteiger partial charge on any atom is 0.343 e. The molecule has 1 aromatic carbocycles. The molecule has 1 aliphatic rings. The van der Waals surface area contributed by atoms with E-state index in [2.05, 4.69) is 0 Å². The van der Waals surface area contributed by atoms with E-state index in [9.17, 15) is 20.0 Å². The minimum atomic E-state index is -1.25. The van der Waals surface area contributed by atoms with E-state index in [1.54, 1.807) is 6.07 Å². The van der Waals surface area contributed by atoms with Crippen molar-refractivity contribution in [3.05, 3.63) is 39.4 Å². The Hall–Kier alpha value is -1.95. The standard InChI is InChI=1S/C14H18N2O4/c1-15(8-10-4-2-5-10)9-11-6-3-7-12(16(19)20)13(11)14(17)18/h3,6-7,10H,2,4-5,8-9H2,1H3,(H,17,18). The summed E-state index contributed by atoms with van der Waals surface area (Å²) in [7, 11) is 1.92. The highest BCUT2D eigenvalue weighted by molar-refractivity contribution is 5.94. The fourth-order valence-corrected chi connectivity index (χ4v) is 2.59. The summed E-state index contributed by atoms with van der Waals surface area (Å²) in [6, 6.07) is 4.42. The average molecular weight is 278 g/mol. The van der Waals surface area contributed by atoms with Crippen LogP contribution < -0.4 is 0 Å². The molecule has 6 heteroatoms. The Bertz CT molecular complexity index is 526. The minimum Gasteiger partial charge on any atom is -0.477 e. The van der Waals surface area contributed by atoms with Crippen LogP contribution in [0.2, 0.25) is 0 Å². The molecule has 0 spiro atoms. The van der Waals surface area contributed by atoms with Gasteiger partial charge in [0.1, 0.15) is 5.56 Å². The van der Waals surface area contributed by atoms with Crippen LogP contribution in [0.4, 0.5) is 5.69 Å². The number of hydrogen-bond acceptors (Lipinski definition) is 4. The number of hydrogen-bond donors (Lipinski definition) is 1. The van der Waals surface area contributed by atoms with E-state index in [4.69, 9.17) is 0 Å². The summed E-state index contributed by atoms with van der Waals surface area (Å²) in [6.07, 6.45) is 3.69. The Balaban J connectivity index is 2.19. The normalized spacial score (nSPS) is 15.1. The second-order valence-corrected chi connectivity index (χ2v) is 5.37. The predicted molar refractivity (Wildman–Crippen MR) is 73.7 cm³/mol. The van der Waals surface area contributed by atoms with E-state index in [1.165, 1.54) is 31.4 Å². The number of aromatic carboxylic acids is 1. The van der Waals surface area contributed by atoms with Crippen LogP contribution in [0, 0.1) is 16.0 Å². The maximum atomic E-state index is 11.3. The summed E-state index contributed by atoms with van der Waals surface area (Å²) in [6.45, 7) is 1.32. The van der Waals surface area contributed by atoms with Crippen molar-refractivity contribution in [2.45, 2.75) is 25.8 Å². The number of carboxylic acid groups (broad SMARTS) is 1. The number of nitro benzene ring substituents is 1. The maximum absolute atomic E-state index is 11.3. The van der Waals surface area contributed by atoms with Crippen molar-refractivity contribution >= 4 is 11.7 Å². The molecule has 0 saturated heterocycles. The highest BCUT2D eigenvalue weighted by Gasteiger charge is 2.25. The zero-order valence-electron chi connectivity index (χ0n) is 11.4. The van der Waals surface area contributed by atoms with Crippen molar-refractivity contribution in [3.63, 3.8) is 0 Å². The van der Waals surface area contributed by atoms with Gasteiger partial charge in [-0.05, 0) is 31.4 Å². The van der Waals surface area contributed by atoms with Gasteiger partial charge in [0, 0.05) is 19.2 Å². The molecule has 6 nitrogen and oxygen atoms in total. The quantitative estimate of drug-likeness (QED) is 0.638. The molecular formula is C14H18N2O4. The lowest BCUT2D eigenvalue weighted by Gasteiger charge is -2.30. The number of nitrogens with zero attached hydrogens (tertiary/aromatic N) is 2. The van der Waals surface area contributed by atoms with Crippen molar-refractivity contribution in [1.29, 1.82) is 0 Å². The Morgan fingerprint density at radius 2 is 2.20 bits per heavy atom. The zero-order chi connectivity index (χ0) is 14.7. The number of benzene rings is 1. The molecule has 2 rings (SSSR count). The molecule has 1 N–H and O–H groups in total. The largest absolute Gasteiger partial charge is 0.477 e. The molecule has 1 fully saturated rings. The molecule has 108 valence electrons. The van der Waals surface area contributed by atoms with Gasteiger partial charge < -0.3 is 10.0 Å². The van der Waals surface area contributed by atoms with Crippen molar-refractivity contribution in [3.8, 4) is 0 Å². The molecule has 0 aromatic heterocycles. The van der Waals surface area contributed by atoms with Crippen LogP contribution in [-0.4, -0.2) is 34.5 Å². The topological polar surface area (TPSA) is 83.7 Å². The van der Waals surface area contributed by atoms with E-state index in [0.717, 1.165) is 6.54 Å². The molecule has 0 radical (unpaired) electrons. The molecule has 0 bridgehead atoms. The molecule has 0 aliphatic heterocycles. The Morgan fingerprint density at radius 3 is 2.70 bits per heavy atom. The average Bonchev–Trinajstić information content (AvgIpc) is 2.33. The molecule has 1 saturated carbocycles. The first-order valence-electron chi connectivity index (χ1n) is 6.67. The summed E-state index contributed by atoms with van der Waals surface area (Å²) in [5.74, 6) is -0.573. The van der Waals surface area contributed by atoms with Gasteiger partial charge in [-0.25, -0.2) is 4.79 Å². The van der Waals surface area contributed by atoms with Gasteiger partial charge in [0.05, 0.1) is 4.92 Å². The van der Waals surface area contributed by atoms with Gasteiger partial charge in [-0.1, -0.05) is 18.6 Å². The molecule has 1 aromatic rings. The zero-order valence-corrected chi connectivity index (χ0v) is 11.4. The summed E-state index contributed by atoms with van der Waals surface area (Å²) >= 11 is 0. The number of carbonyl (C=O) groups is 1. The van der Waals surface area contributed by atoms with Crippen molar-refractivity contribution in [2.24, 2.45) is 5.92 Å². The highest BCUT2D eigenvalue weighted by Crippen LogP contribution is 2.28. The smallest absolute Gasteiger partial charge is 0.343 e. The summed E-state index contributed by atoms with van der Waals surface area (Å²) in [4.78, 5) is 23.6. The van der Waals surface area contributed by atoms with Crippen molar-refractivity contribution in [1.82, 2.24) is 4.90 Å². The monoisotopic (exact) mass is 278 g/mol. The first kappa shape index (κ1) is 14.5. The van der Waals surface area contributed by atoms with Crippen molar-refractivity contribution in [2.75, 3.05) is 13.6 Å². The molecule has 0 unspecified atom stereocenters. The molecular weight excluding hydrogens is 260 g/mol. The number of carboxylic acids is 1. The lowest BCUT2D eigenvalue weighted by atomic mass is 9.85. The summed E-state index contributed by atoms with van der Waals surface area (Å²) < 4.78 is 0. The fourth-order valence-electron chi connectivity index (χ4n) is 2.59. The minimum absolute atomic E-state index is 0.196. The van der Waals surface area contributed by atoms with Crippen LogP contribution in [0.5, 0.6) is 0 Å². The van der Waals surface area contributed by atoms with E-state index in [0.29, 0.717) is 18.0 Å². The van der Waals surface area contributed by atoms with E-state index >= 15 is 0 Å². The summed E-state index contributed by atoms with van der Waals surface area (Å²) in [5, 5.41) is 20.2. The lowest BCUT2D eigenvalue weighted by molar-refractivity contribution is -0.385. The molecule has 1 aliphatic carbocycles. The van der Waals surface area contributed by atoms with Gasteiger partial charge in [-0.3, -0.25) is 10.1 Å². The number of rotatable bonds is 6. The first-order chi connectivity index (χ1) is 9.49. The second-order valence-electron chi connectivity index (χ2n) is 5.37. The molecule has 0 amide bonds. The van der Waals surface area contributed by atoms with Crippen LogP contribution >= 0.6 is 0 Å². The van der Waals surface area contributed by atoms with Gasteiger partial charge in [-0.2, -0.15) is 0 Å². The van der Waals surface area contributed by atoms with Gasteiger partial charge in [0.2, 0.25) is 0 Å². The molecule has 20 heavy (non-hydrogen) atoms. The van der Waals surface area contributed by atoms with Crippen LogP contribution in [0.15, 0.2) is 18.2 Å². The Kier molecular flexibility index (Phi) is 4.34. The highest BCUT2D eigenvalue weighted by atomic mass is 16.6. The number of nitro groups is 1. The third kappa shape index (κ3) is 3.14. The van der Waals surface area contributed by atoms with Crippen LogP contribution in [0.3, 0.4) is 0 Å². The van der Waals surface area contributed by atoms with Crippen molar-refractivity contribution < 1.29 is 14.8 Å². The predicted octanol–water partition coefficient (Wildman–Crippen LogP) is 2.52. The second kappa shape index (κ2) is 6.00. The first-order valence-corrected chi connectivity index (χ1v) is 6.67. The van der Waals surface area contributed by atoms with Crippen LogP contribution in [-0.2, 0) is 6.54 Å². The van der Waals surface area contributed by atoms with Crippen LogP contribution in [0.25, 0.3) is 0 Å². The third-order valence-electron chi connectivity index (χ3n) is 3.77. The Morgan fingerprint density at radius 1 is 1.50 bits per heavy atom. The lowest BCUT2D eigenvalue weighted by Crippen LogP contribution is -2.29. The van der Waals surface area contributed by atoms with Crippen LogP contribution in [0.1, 0.15) is 35.2 Å². The van der Waals surface area contributed by atoms with E-state index in [1.807, 2.05) is 11.9 Å². The van der Waals surface area contributed by atoms with Gasteiger partial charge >= 0.3 is 5.97 Å². The summed E-state index contributed by atoms with van der Waals surface area (Å²) in [5.41, 5.74) is -0.0430.